The van der Waals surface area contributed by atoms with Gasteiger partial charge in [0, 0.05) is 19.0 Å². The van der Waals surface area contributed by atoms with Gasteiger partial charge in [-0.25, -0.2) is 9.78 Å². The van der Waals surface area contributed by atoms with E-state index >= 15 is 0 Å². The number of hydrogen-bond acceptors (Lipinski definition) is 4. The number of likely N-dealkylation sites (tertiary alicyclic amines) is 1. The number of piperidine rings is 1. The molecule has 1 fully saturated rings. The van der Waals surface area contributed by atoms with Crippen LogP contribution < -0.4 is 5.56 Å². The monoisotopic (exact) mass is 297 g/mol. The summed E-state index contributed by atoms with van der Waals surface area (Å²) in [6.45, 7) is 6.53. The number of ether oxygens (including phenoxy) is 1. The molecule has 0 spiro atoms. The van der Waals surface area contributed by atoms with Crippen molar-refractivity contribution in [1.82, 2.24) is 14.9 Å². The summed E-state index contributed by atoms with van der Waals surface area (Å²) in [6.07, 6.45) is 1.93. The van der Waals surface area contributed by atoms with Gasteiger partial charge in [0.25, 0.3) is 5.56 Å². The quantitative estimate of drug-likeness (QED) is 0.860. The molecule has 0 saturated carbocycles. The molecule has 7 heteroatoms. The van der Waals surface area contributed by atoms with Crippen LogP contribution in [0.15, 0.2) is 11.0 Å². The van der Waals surface area contributed by atoms with E-state index in [1.165, 1.54) is 0 Å². The lowest BCUT2D eigenvalue weighted by molar-refractivity contribution is 0.0203. The lowest BCUT2D eigenvalue weighted by Gasteiger charge is -2.33. The Hall–Kier alpha value is -1.92. The molecule has 0 aromatic carbocycles. The van der Waals surface area contributed by atoms with Crippen LogP contribution in [0.2, 0.25) is 0 Å². The number of nitrogens with one attached hydrogen (secondary N) is 1. The molecule has 0 aliphatic carbocycles. The highest BCUT2D eigenvalue weighted by Crippen LogP contribution is 2.25. The Kier molecular flexibility index (Phi) is 4.29. The summed E-state index contributed by atoms with van der Waals surface area (Å²) in [6, 6.07) is 0. The maximum Gasteiger partial charge on any atom is 0.410 e. The maximum atomic E-state index is 12.9. The molecule has 0 bridgehead atoms. The Morgan fingerprint density at radius 3 is 2.57 bits per heavy atom. The van der Waals surface area contributed by atoms with Gasteiger partial charge in [-0.2, -0.15) is 4.39 Å². The van der Waals surface area contributed by atoms with Crippen molar-refractivity contribution in [3.05, 3.63) is 28.2 Å². The Balaban J connectivity index is 1.95. The molecule has 1 aliphatic heterocycles. The van der Waals surface area contributed by atoms with E-state index in [9.17, 15) is 14.0 Å². The fraction of sp³-hybridized carbons (Fsp3) is 0.643. The second-order valence-electron chi connectivity index (χ2n) is 6.19. The molecule has 1 aliphatic rings. The van der Waals surface area contributed by atoms with Crippen LogP contribution in [0.25, 0.3) is 0 Å². The Labute approximate surface area is 122 Å². The summed E-state index contributed by atoms with van der Waals surface area (Å²) in [7, 11) is 0. The molecule has 21 heavy (non-hydrogen) atoms. The molecule has 6 nitrogen and oxygen atoms in total. The molecule has 1 saturated heterocycles. The summed E-state index contributed by atoms with van der Waals surface area (Å²) in [4.78, 5) is 31.2. The zero-order valence-electron chi connectivity index (χ0n) is 12.5. The molecule has 1 N–H and O–H groups in total. The predicted octanol–water partition coefficient (Wildman–Crippen LogP) is 2.02. The number of aromatic amines is 1. The number of carbonyl (C=O) groups excluding carboxylic acids is 1. The molecule has 1 aromatic heterocycles. The van der Waals surface area contributed by atoms with E-state index < -0.39 is 17.0 Å². The van der Waals surface area contributed by atoms with Crippen molar-refractivity contribution in [1.29, 1.82) is 0 Å². The van der Waals surface area contributed by atoms with Crippen LogP contribution in [0.5, 0.6) is 0 Å². The Bertz CT molecular complexity index is 572. The first kappa shape index (κ1) is 15.5. The number of hydrogen-bond donors (Lipinski definition) is 1. The van der Waals surface area contributed by atoms with Gasteiger partial charge in [0.05, 0.1) is 6.20 Å². The van der Waals surface area contributed by atoms with E-state index in [1.54, 1.807) is 4.90 Å². The fourth-order valence-electron chi connectivity index (χ4n) is 2.26. The van der Waals surface area contributed by atoms with Gasteiger partial charge in [-0.1, -0.05) is 0 Å². The van der Waals surface area contributed by atoms with Crippen molar-refractivity contribution in [3.63, 3.8) is 0 Å². The van der Waals surface area contributed by atoms with Crippen molar-refractivity contribution < 1.29 is 13.9 Å². The average Bonchev–Trinajstić information content (AvgIpc) is 2.40. The normalized spacial score (nSPS) is 16.9. The zero-order valence-corrected chi connectivity index (χ0v) is 12.5. The van der Waals surface area contributed by atoms with Gasteiger partial charge < -0.3 is 14.6 Å². The van der Waals surface area contributed by atoms with Gasteiger partial charge in [-0.15, -0.1) is 0 Å². The van der Waals surface area contributed by atoms with Gasteiger partial charge in [0.1, 0.15) is 11.4 Å². The topological polar surface area (TPSA) is 75.3 Å². The van der Waals surface area contributed by atoms with Gasteiger partial charge >= 0.3 is 6.09 Å². The number of H-pyrrole nitrogens is 1. The third-order valence-electron chi connectivity index (χ3n) is 3.31. The standard InChI is InChI=1S/C14H20FN3O3/c1-14(2,3)21-13(20)18-6-4-9(5-7-18)11-16-8-10(15)12(19)17-11/h8-9H,4-7H2,1-3H3,(H,16,17,19). The van der Waals surface area contributed by atoms with E-state index in [0.717, 1.165) is 6.20 Å². The molecular formula is C14H20FN3O3. The number of carbonyl (C=O) groups is 1. The predicted molar refractivity (Wildman–Crippen MR) is 74.6 cm³/mol. The highest BCUT2D eigenvalue weighted by Gasteiger charge is 2.28. The van der Waals surface area contributed by atoms with Crippen LogP contribution >= 0.6 is 0 Å². The second kappa shape index (κ2) is 5.83. The van der Waals surface area contributed by atoms with Crippen LogP contribution in [0.1, 0.15) is 45.4 Å². The van der Waals surface area contributed by atoms with Crippen LogP contribution in [0.4, 0.5) is 9.18 Å². The molecule has 0 radical (unpaired) electrons. The van der Waals surface area contributed by atoms with Crippen molar-refractivity contribution in [2.45, 2.75) is 45.1 Å². The van der Waals surface area contributed by atoms with Crippen LogP contribution in [-0.4, -0.2) is 39.7 Å². The number of aromatic nitrogens is 2. The number of nitrogens with zero attached hydrogens (tertiary/aromatic N) is 2. The third-order valence-corrected chi connectivity index (χ3v) is 3.31. The third kappa shape index (κ3) is 4.03. The summed E-state index contributed by atoms with van der Waals surface area (Å²) >= 11 is 0. The van der Waals surface area contributed by atoms with Crippen LogP contribution in [-0.2, 0) is 4.74 Å². The summed E-state index contributed by atoms with van der Waals surface area (Å²) in [5, 5.41) is 0. The summed E-state index contributed by atoms with van der Waals surface area (Å²) in [5.41, 5.74) is -1.27. The fourth-order valence-corrected chi connectivity index (χ4v) is 2.26. The van der Waals surface area contributed by atoms with Gasteiger partial charge in [-0.3, -0.25) is 4.79 Å². The zero-order chi connectivity index (χ0) is 15.6. The van der Waals surface area contributed by atoms with Crippen molar-refractivity contribution in [3.8, 4) is 0 Å². The Morgan fingerprint density at radius 2 is 2.05 bits per heavy atom. The minimum atomic E-state index is -0.884. The molecule has 0 atom stereocenters. The summed E-state index contributed by atoms with van der Waals surface area (Å²) in [5.74, 6) is -0.382. The highest BCUT2D eigenvalue weighted by atomic mass is 19.1. The highest BCUT2D eigenvalue weighted by molar-refractivity contribution is 5.68. The van der Waals surface area contributed by atoms with Gasteiger partial charge in [0.15, 0.2) is 0 Å². The Morgan fingerprint density at radius 1 is 1.43 bits per heavy atom. The molecule has 1 amide bonds. The minimum Gasteiger partial charge on any atom is -0.444 e. The lowest BCUT2D eigenvalue weighted by atomic mass is 9.96. The van der Waals surface area contributed by atoms with E-state index in [0.29, 0.717) is 31.8 Å². The average molecular weight is 297 g/mol. The SMILES string of the molecule is CC(C)(C)OC(=O)N1CCC(c2ncc(F)c(=O)[nH]2)CC1. The van der Waals surface area contributed by atoms with Crippen molar-refractivity contribution >= 4 is 6.09 Å². The molecule has 1 aromatic rings. The van der Waals surface area contributed by atoms with Gasteiger partial charge in [-0.05, 0) is 33.6 Å². The molecule has 0 unspecified atom stereocenters. The lowest BCUT2D eigenvalue weighted by Crippen LogP contribution is -2.41. The largest absolute Gasteiger partial charge is 0.444 e. The molecule has 2 heterocycles. The van der Waals surface area contributed by atoms with E-state index in [-0.39, 0.29) is 12.0 Å². The second-order valence-corrected chi connectivity index (χ2v) is 6.19. The van der Waals surface area contributed by atoms with Crippen molar-refractivity contribution in [2.75, 3.05) is 13.1 Å². The minimum absolute atomic E-state index is 0.0250. The van der Waals surface area contributed by atoms with Crippen LogP contribution in [0, 0.1) is 5.82 Å². The van der Waals surface area contributed by atoms with Gasteiger partial charge in [0.2, 0.25) is 5.82 Å². The van der Waals surface area contributed by atoms with E-state index in [2.05, 4.69) is 9.97 Å². The number of halogens is 1. The van der Waals surface area contributed by atoms with E-state index in [1.807, 2.05) is 20.8 Å². The van der Waals surface area contributed by atoms with E-state index in [4.69, 9.17) is 4.74 Å². The number of rotatable bonds is 1. The van der Waals surface area contributed by atoms with Crippen LogP contribution in [0.3, 0.4) is 0 Å². The first-order valence-corrected chi connectivity index (χ1v) is 6.99. The molecule has 116 valence electrons. The summed E-state index contributed by atoms with van der Waals surface area (Å²) < 4.78 is 18.2. The number of amides is 1. The molecule has 2 rings (SSSR count). The smallest absolute Gasteiger partial charge is 0.410 e. The van der Waals surface area contributed by atoms with Crippen molar-refractivity contribution in [2.24, 2.45) is 0 Å². The first-order valence-electron chi connectivity index (χ1n) is 6.99. The molecular weight excluding hydrogens is 277 g/mol. The maximum absolute atomic E-state index is 12.9. The first-order chi connectivity index (χ1) is 9.76.